The highest BCUT2D eigenvalue weighted by molar-refractivity contribution is 7.11. The lowest BCUT2D eigenvalue weighted by atomic mass is 10.2. The van der Waals surface area contributed by atoms with E-state index in [9.17, 15) is 4.79 Å². The first kappa shape index (κ1) is 10.4. The van der Waals surface area contributed by atoms with Gasteiger partial charge >= 0.3 is 0 Å². The van der Waals surface area contributed by atoms with Gasteiger partial charge in [0, 0.05) is 11.8 Å². The Hall–Kier alpha value is -0.700. The summed E-state index contributed by atoms with van der Waals surface area (Å²) in [7, 11) is 0. The number of hydrogen-bond acceptors (Lipinski definition) is 3. The van der Waals surface area contributed by atoms with Crippen molar-refractivity contribution in [2.24, 2.45) is 0 Å². The molecule has 0 fully saturated rings. The maximum atomic E-state index is 11.4. The molecule has 0 atom stereocenters. The highest BCUT2D eigenvalue weighted by Gasteiger charge is 2.11. The minimum atomic E-state index is 0.180. The molecule has 0 saturated carbocycles. The Morgan fingerprint density at radius 1 is 1.62 bits per heavy atom. The van der Waals surface area contributed by atoms with Crippen LogP contribution in [-0.4, -0.2) is 10.8 Å². The molecule has 0 amide bonds. The highest BCUT2D eigenvalue weighted by atomic mass is 32.1. The van der Waals surface area contributed by atoms with Gasteiger partial charge in [0.05, 0.1) is 5.69 Å². The van der Waals surface area contributed by atoms with Gasteiger partial charge in [-0.2, -0.15) is 0 Å². The smallest absolute Gasteiger partial charge is 0.191 e. The van der Waals surface area contributed by atoms with Crippen LogP contribution >= 0.6 is 11.3 Å². The normalized spacial score (nSPS) is 10.8. The van der Waals surface area contributed by atoms with Crippen LogP contribution in [-0.2, 0) is 0 Å². The van der Waals surface area contributed by atoms with Crippen molar-refractivity contribution in [2.45, 2.75) is 39.5 Å². The molecule has 0 unspecified atom stereocenters. The summed E-state index contributed by atoms with van der Waals surface area (Å²) in [5, 5.41) is 2.65. The zero-order chi connectivity index (χ0) is 9.84. The molecular formula is C10H15NOS. The maximum Gasteiger partial charge on any atom is 0.191 e. The van der Waals surface area contributed by atoms with E-state index >= 15 is 0 Å². The number of nitrogens with zero attached hydrogens (tertiary/aromatic N) is 1. The average Bonchev–Trinajstić information content (AvgIpc) is 2.52. The summed E-state index contributed by atoms with van der Waals surface area (Å²) in [5.41, 5.74) is 1.03. The summed E-state index contributed by atoms with van der Waals surface area (Å²) in [6.45, 7) is 6.18. The second-order valence-corrected chi connectivity index (χ2v) is 4.26. The van der Waals surface area contributed by atoms with Gasteiger partial charge in [0.25, 0.3) is 0 Å². The van der Waals surface area contributed by atoms with Crippen molar-refractivity contribution in [1.82, 2.24) is 4.98 Å². The van der Waals surface area contributed by atoms with E-state index in [2.05, 4.69) is 18.8 Å². The highest BCUT2D eigenvalue weighted by Crippen LogP contribution is 2.18. The Labute approximate surface area is 83.0 Å². The molecule has 0 aliphatic rings. The first-order valence-electron chi connectivity index (χ1n) is 4.63. The van der Waals surface area contributed by atoms with Crippen LogP contribution in [0.15, 0.2) is 5.38 Å². The first-order chi connectivity index (χ1) is 6.15. The molecule has 72 valence electrons. The Balaban J connectivity index is 2.73. The molecule has 1 heterocycles. The van der Waals surface area contributed by atoms with Crippen LogP contribution in [0.25, 0.3) is 0 Å². The third-order valence-electron chi connectivity index (χ3n) is 1.83. The van der Waals surface area contributed by atoms with E-state index in [-0.39, 0.29) is 5.78 Å². The summed E-state index contributed by atoms with van der Waals surface area (Å²) in [4.78, 5) is 15.7. The molecule has 0 bridgehead atoms. The van der Waals surface area contributed by atoms with Crippen molar-refractivity contribution < 1.29 is 4.79 Å². The van der Waals surface area contributed by atoms with E-state index in [4.69, 9.17) is 0 Å². The monoisotopic (exact) mass is 197 g/mol. The van der Waals surface area contributed by atoms with E-state index in [1.807, 2.05) is 12.3 Å². The Morgan fingerprint density at radius 2 is 2.31 bits per heavy atom. The maximum absolute atomic E-state index is 11.4. The molecule has 0 N–H and O–H groups in total. The van der Waals surface area contributed by atoms with E-state index in [1.54, 1.807) is 0 Å². The lowest BCUT2D eigenvalue weighted by molar-refractivity contribution is 0.0981. The first-order valence-corrected chi connectivity index (χ1v) is 5.51. The molecule has 0 radical (unpaired) electrons. The molecule has 0 spiro atoms. The SMILES string of the molecule is CCCC(=O)c1nc(C(C)C)cs1. The number of carbonyl (C=O) groups excluding carboxylic acids is 1. The fraction of sp³-hybridized carbons (Fsp3) is 0.600. The molecule has 0 aromatic carbocycles. The molecule has 1 aromatic rings. The number of rotatable bonds is 4. The second-order valence-electron chi connectivity index (χ2n) is 3.41. The van der Waals surface area contributed by atoms with Gasteiger partial charge < -0.3 is 0 Å². The van der Waals surface area contributed by atoms with Gasteiger partial charge in [-0.25, -0.2) is 4.98 Å². The van der Waals surface area contributed by atoms with E-state index in [1.165, 1.54) is 11.3 Å². The van der Waals surface area contributed by atoms with Crippen LogP contribution in [0.1, 0.15) is 55.0 Å². The van der Waals surface area contributed by atoms with Gasteiger partial charge in [-0.05, 0) is 12.3 Å². The zero-order valence-electron chi connectivity index (χ0n) is 8.33. The Kier molecular flexibility index (Phi) is 3.60. The third-order valence-corrected chi connectivity index (χ3v) is 2.73. The largest absolute Gasteiger partial charge is 0.292 e. The van der Waals surface area contributed by atoms with Crippen molar-refractivity contribution >= 4 is 17.1 Å². The van der Waals surface area contributed by atoms with E-state index in [0.29, 0.717) is 17.3 Å². The second kappa shape index (κ2) is 4.51. The minimum absolute atomic E-state index is 0.180. The molecule has 0 saturated heterocycles. The van der Waals surface area contributed by atoms with Crippen molar-refractivity contribution in [3.8, 4) is 0 Å². The van der Waals surface area contributed by atoms with Gasteiger partial charge in [-0.3, -0.25) is 4.79 Å². The average molecular weight is 197 g/mol. The number of thiazole rings is 1. The Morgan fingerprint density at radius 3 is 2.77 bits per heavy atom. The molecule has 2 nitrogen and oxygen atoms in total. The third kappa shape index (κ3) is 2.62. The van der Waals surface area contributed by atoms with Gasteiger partial charge in [0.15, 0.2) is 10.8 Å². The van der Waals surface area contributed by atoms with Crippen molar-refractivity contribution in [3.63, 3.8) is 0 Å². The molecule has 13 heavy (non-hydrogen) atoms. The van der Waals surface area contributed by atoms with Gasteiger partial charge in [-0.1, -0.05) is 20.8 Å². The number of ketones is 1. The molecule has 0 aliphatic carbocycles. The van der Waals surface area contributed by atoms with Crippen LogP contribution < -0.4 is 0 Å². The fourth-order valence-corrected chi connectivity index (χ4v) is 1.96. The molecule has 3 heteroatoms. The van der Waals surface area contributed by atoms with Crippen LogP contribution in [0, 0.1) is 0 Å². The van der Waals surface area contributed by atoms with Crippen LogP contribution in [0.3, 0.4) is 0 Å². The minimum Gasteiger partial charge on any atom is -0.292 e. The number of Topliss-reactive ketones (excluding diaryl/α,β-unsaturated/α-hetero) is 1. The van der Waals surface area contributed by atoms with Crippen LogP contribution in [0.4, 0.5) is 0 Å². The molecule has 1 rings (SSSR count). The predicted molar refractivity (Wildman–Crippen MR) is 55.4 cm³/mol. The molecule has 0 aliphatic heterocycles. The van der Waals surface area contributed by atoms with Crippen molar-refractivity contribution in [1.29, 1.82) is 0 Å². The fourth-order valence-electron chi connectivity index (χ4n) is 1.01. The number of aromatic nitrogens is 1. The topological polar surface area (TPSA) is 30.0 Å². The summed E-state index contributed by atoms with van der Waals surface area (Å²) >= 11 is 1.47. The summed E-state index contributed by atoms with van der Waals surface area (Å²) in [6.07, 6.45) is 1.51. The van der Waals surface area contributed by atoms with Crippen LogP contribution in [0.5, 0.6) is 0 Å². The van der Waals surface area contributed by atoms with Crippen molar-refractivity contribution in [2.75, 3.05) is 0 Å². The molecular weight excluding hydrogens is 182 g/mol. The predicted octanol–water partition coefficient (Wildman–Crippen LogP) is 3.25. The molecule has 1 aromatic heterocycles. The lowest BCUT2D eigenvalue weighted by Gasteiger charge is -1.96. The number of carbonyl (C=O) groups is 1. The van der Waals surface area contributed by atoms with E-state index < -0.39 is 0 Å². The lowest BCUT2D eigenvalue weighted by Crippen LogP contribution is -1.98. The standard InChI is InChI=1S/C10H15NOS/c1-4-5-9(12)10-11-8(6-13-10)7(2)3/h6-7H,4-5H2,1-3H3. The Bertz CT molecular complexity index is 291. The van der Waals surface area contributed by atoms with Crippen LogP contribution in [0.2, 0.25) is 0 Å². The summed E-state index contributed by atoms with van der Waals surface area (Å²) < 4.78 is 0. The summed E-state index contributed by atoms with van der Waals surface area (Å²) in [6, 6.07) is 0. The van der Waals surface area contributed by atoms with Gasteiger partial charge in [-0.15, -0.1) is 11.3 Å². The quantitative estimate of drug-likeness (QED) is 0.693. The van der Waals surface area contributed by atoms with Gasteiger partial charge in [0.2, 0.25) is 0 Å². The van der Waals surface area contributed by atoms with E-state index in [0.717, 1.165) is 12.1 Å². The number of hydrogen-bond donors (Lipinski definition) is 0. The van der Waals surface area contributed by atoms with Crippen molar-refractivity contribution in [3.05, 3.63) is 16.1 Å². The van der Waals surface area contributed by atoms with Gasteiger partial charge in [0.1, 0.15) is 0 Å². The zero-order valence-corrected chi connectivity index (χ0v) is 9.15. The summed E-state index contributed by atoms with van der Waals surface area (Å²) in [5.74, 6) is 0.596.